The lowest BCUT2D eigenvalue weighted by molar-refractivity contribution is -0.149. The van der Waals surface area contributed by atoms with Crippen LogP contribution in [0.5, 0.6) is 0 Å². The average molecular weight is 395 g/mol. The Morgan fingerprint density at radius 3 is 2.04 bits per heavy atom. The van der Waals surface area contributed by atoms with Crippen molar-refractivity contribution in [2.75, 3.05) is 6.61 Å². The molecular formula is C24H42O4. The molecule has 162 valence electrons. The highest BCUT2D eigenvalue weighted by Crippen LogP contribution is 2.29. The van der Waals surface area contributed by atoms with Gasteiger partial charge in [-0.15, -0.1) is 0 Å². The fourth-order valence-corrected chi connectivity index (χ4v) is 3.46. The van der Waals surface area contributed by atoms with Gasteiger partial charge in [0.1, 0.15) is 0 Å². The molecule has 0 aliphatic heterocycles. The van der Waals surface area contributed by atoms with Crippen molar-refractivity contribution >= 4 is 5.97 Å². The molecule has 0 saturated carbocycles. The Balaban J connectivity index is 4.28. The van der Waals surface area contributed by atoms with Gasteiger partial charge in [-0.25, -0.2) is 0 Å². The van der Waals surface area contributed by atoms with E-state index in [1.165, 1.54) is 0 Å². The zero-order valence-electron chi connectivity index (χ0n) is 17.9. The number of aliphatic hydroxyl groups excluding tert-OH is 2. The molecule has 4 heteroatoms. The molecule has 0 spiro atoms. The van der Waals surface area contributed by atoms with Crippen LogP contribution in [0.4, 0.5) is 0 Å². The maximum Gasteiger partial charge on any atom is 0.309 e. The Kier molecular flexibility index (Phi) is 18.0. The van der Waals surface area contributed by atoms with Gasteiger partial charge in [0.15, 0.2) is 0 Å². The van der Waals surface area contributed by atoms with E-state index in [4.69, 9.17) is 5.11 Å². The van der Waals surface area contributed by atoms with Crippen molar-refractivity contribution in [3.8, 4) is 0 Å². The Morgan fingerprint density at radius 1 is 0.857 bits per heavy atom. The maximum absolute atomic E-state index is 11.7. The lowest BCUT2D eigenvalue weighted by atomic mass is 9.80. The van der Waals surface area contributed by atoms with Crippen LogP contribution >= 0.6 is 0 Å². The van der Waals surface area contributed by atoms with Gasteiger partial charge in [-0.05, 0) is 57.3 Å². The van der Waals surface area contributed by atoms with Crippen molar-refractivity contribution < 1.29 is 20.1 Å². The van der Waals surface area contributed by atoms with E-state index in [2.05, 4.69) is 50.3 Å². The fraction of sp³-hybridized carbons (Fsp3) is 0.708. The molecule has 4 nitrogen and oxygen atoms in total. The minimum atomic E-state index is -0.969. The number of carboxylic acid groups (broad SMARTS) is 1. The van der Waals surface area contributed by atoms with Crippen molar-refractivity contribution in [2.45, 2.75) is 90.6 Å². The van der Waals surface area contributed by atoms with Gasteiger partial charge in [-0.2, -0.15) is 0 Å². The minimum Gasteiger partial charge on any atom is -0.481 e. The van der Waals surface area contributed by atoms with E-state index in [-0.39, 0.29) is 18.9 Å². The summed E-state index contributed by atoms with van der Waals surface area (Å²) in [7, 11) is 0. The normalized spacial score (nSPS) is 15.6. The molecular weight excluding hydrogens is 352 g/mol. The van der Waals surface area contributed by atoms with Gasteiger partial charge in [0.05, 0.1) is 12.0 Å². The second-order valence-electron chi connectivity index (χ2n) is 7.42. The summed E-state index contributed by atoms with van der Waals surface area (Å²) in [5.74, 6) is -1.74. The highest BCUT2D eigenvalue weighted by Gasteiger charge is 2.33. The van der Waals surface area contributed by atoms with Gasteiger partial charge < -0.3 is 15.3 Å². The molecule has 3 atom stereocenters. The minimum absolute atomic E-state index is 0.0258. The number of rotatable bonds is 18. The lowest BCUT2D eigenvalue weighted by Gasteiger charge is -2.27. The van der Waals surface area contributed by atoms with Crippen LogP contribution < -0.4 is 0 Å². The lowest BCUT2D eigenvalue weighted by Crippen LogP contribution is -2.35. The van der Waals surface area contributed by atoms with Crippen LogP contribution in [-0.2, 0) is 4.79 Å². The second kappa shape index (κ2) is 18.9. The van der Waals surface area contributed by atoms with Crippen LogP contribution in [0.2, 0.25) is 0 Å². The number of hydrogen-bond donors (Lipinski definition) is 3. The van der Waals surface area contributed by atoms with E-state index < -0.39 is 18.0 Å². The van der Waals surface area contributed by atoms with Gasteiger partial charge in [-0.1, -0.05) is 69.6 Å². The molecule has 0 radical (unpaired) electrons. The molecule has 0 bridgehead atoms. The summed E-state index contributed by atoms with van der Waals surface area (Å²) in [6.45, 7) is 4.05. The predicted molar refractivity (Wildman–Crippen MR) is 117 cm³/mol. The van der Waals surface area contributed by atoms with E-state index in [0.29, 0.717) is 0 Å². The van der Waals surface area contributed by atoms with Crippen LogP contribution in [-0.4, -0.2) is 34.0 Å². The molecule has 0 amide bonds. The Morgan fingerprint density at radius 2 is 1.46 bits per heavy atom. The topological polar surface area (TPSA) is 77.8 Å². The predicted octanol–water partition coefficient (Wildman–Crippen LogP) is 5.66. The average Bonchev–Trinajstić information content (AvgIpc) is 2.66. The van der Waals surface area contributed by atoms with E-state index >= 15 is 0 Å². The second-order valence-corrected chi connectivity index (χ2v) is 7.42. The van der Waals surface area contributed by atoms with E-state index in [1.54, 1.807) is 0 Å². The maximum atomic E-state index is 11.7. The number of carbonyl (C=O) groups is 1. The zero-order chi connectivity index (χ0) is 21.0. The van der Waals surface area contributed by atoms with Crippen LogP contribution in [0, 0.1) is 11.8 Å². The van der Waals surface area contributed by atoms with Crippen molar-refractivity contribution in [3.63, 3.8) is 0 Å². The van der Waals surface area contributed by atoms with E-state index in [1.807, 2.05) is 0 Å². The molecule has 0 rings (SSSR count). The molecule has 28 heavy (non-hydrogen) atoms. The number of aliphatic hydroxyl groups is 2. The molecule has 0 fully saturated rings. The first-order valence-corrected chi connectivity index (χ1v) is 11.0. The first-order chi connectivity index (χ1) is 13.6. The smallest absolute Gasteiger partial charge is 0.309 e. The molecule has 3 N–H and O–H groups in total. The summed E-state index contributed by atoms with van der Waals surface area (Å²) in [6.07, 6.45) is 21.9. The molecule has 0 saturated heterocycles. The van der Waals surface area contributed by atoms with Gasteiger partial charge in [-0.3, -0.25) is 4.79 Å². The molecule has 0 aromatic rings. The Bertz CT molecular complexity index is 454. The van der Waals surface area contributed by atoms with Gasteiger partial charge in [0.25, 0.3) is 0 Å². The largest absolute Gasteiger partial charge is 0.481 e. The van der Waals surface area contributed by atoms with Crippen LogP contribution in [0.15, 0.2) is 36.5 Å². The summed E-state index contributed by atoms with van der Waals surface area (Å²) in [5.41, 5.74) is 0. The SMILES string of the molecule is CCC=CCC=CCC=CCCCCC(CCCC)C(C(=O)O)[C@H](O)CCO. The zero-order valence-corrected chi connectivity index (χ0v) is 17.9. The van der Waals surface area contributed by atoms with Crippen LogP contribution in [0.3, 0.4) is 0 Å². The monoisotopic (exact) mass is 394 g/mol. The van der Waals surface area contributed by atoms with Crippen LogP contribution in [0.1, 0.15) is 84.5 Å². The quantitative estimate of drug-likeness (QED) is 0.207. The van der Waals surface area contributed by atoms with Crippen LogP contribution in [0.25, 0.3) is 0 Å². The molecule has 0 aromatic carbocycles. The molecule has 0 aliphatic rings. The van der Waals surface area contributed by atoms with Gasteiger partial charge in [0, 0.05) is 6.61 Å². The van der Waals surface area contributed by atoms with Gasteiger partial charge in [0.2, 0.25) is 0 Å². The summed E-state index contributed by atoms with van der Waals surface area (Å²) < 4.78 is 0. The van der Waals surface area contributed by atoms with Crippen molar-refractivity contribution in [1.82, 2.24) is 0 Å². The summed E-state index contributed by atoms with van der Waals surface area (Å²) >= 11 is 0. The first kappa shape index (κ1) is 26.6. The number of unbranched alkanes of at least 4 members (excludes halogenated alkanes) is 3. The van der Waals surface area contributed by atoms with E-state index in [9.17, 15) is 15.0 Å². The molecule has 0 aliphatic carbocycles. The Labute approximate surface area is 172 Å². The molecule has 0 heterocycles. The Hall–Kier alpha value is -1.39. The summed E-state index contributed by atoms with van der Waals surface area (Å²) in [6, 6.07) is 0. The molecule has 0 aromatic heterocycles. The number of allylic oxidation sites excluding steroid dienone is 6. The number of aliphatic carboxylic acids is 1. The van der Waals surface area contributed by atoms with Crippen molar-refractivity contribution in [3.05, 3.63) is 36.5 Å². The summed E-state index contributed by atoms with van der Waals surface area (Å²) in [4.78, 5) is 11.7. The standard InChI is InChI=1S/C24H42O4/c1-3-5-7-8-9-10-11-12-13-14-15-16-18-21(17-6-4-2)23(24(27)28)22(26)19-20-25/h5,7,9-10,12-13,21-23,25-26H,3-4,6,8,11,14-20H2,1-2H3,(H,27,28)/t21?,22-,23?/m1/s1. The van der Waals surface area contributed by atoms with Crippen molar-refractivity contribution in [2.24, 2.45) is 11.8 Å². The van der Waals surface area contributed by atoms with Crippen molar-refractivity contribution in [1.29, 1.82) is 0 Å². The summed E-state index contributed by atoms with van der Waals surface area (Å²) in [5, 5.41) is 28.8. The third-order valence-corrected chi connectivity index (χ3v) is 5.04. The number of carboxylic acids is 1. The highest BCUT2D eigenvalue weighted by molar-refractivity contribution is 5.71. The third kappa shape index (κ3) is 13.7. The molecule has 2 unspecified atom stereocenters. The van der Waals surface area contributed by atoms with E-state index in [0.717, 1.165) is 64.2 Å². The highest BCUT2D eigenvalue weighted by atomic mass is 16.4. The number of hydrogen-bond acceptors (Lipinski definition) is 3. The fourth-order valence-electron chi connectivity index (χ4n) is 3.46. The first-order valence-electron chi connectivity index (χ1n) is 11.0. The van der Waals surface area contributed by atoms with Gasteiger partial charge >= 0.3 is 5.97 Å². The third-order valence-electron chi connectivity index (χ3n) is 5.04.